The van der Waals surface area contributed by atoms with Crippen LogP contribution in [0.3, 0.4) is 0 Å². The van der Waals surface area contributed by atoms with Crippen LogP contribution in [-0.4, -0.2) is 17.0 Å². The summed E-state index contributed by atoms with van der Waals surface area (Å²) in [7, 11) is 0. The van der Waals surface area contributed by atoms with Crippen molar-refractivity contribution in [2.24, 2.45) is 5.10 Å². The number of hydrogen-bond donors (Lipinski definition) is 1. The smallest absolute Gasteiger partial charge is 0.271 e. The van der Waals surface area contributed by atoms with Crippen molar-refractivity contribution in [1.82, 2.24) is 5.43 Å². The number of halogens is 1. The van der Waals surface area contributed by atoms with Gasteiger partial charge in [-0.15, -0.1) is 0 Å². The molecular weight excluding hydrogens is 438 g/mol. The molecule has 0 bridgehead atoms. The SMILES string of the molecule is O=C(N/N=C\c1ccc([N+](=O)[O-])cc1)c1ccc(OCc2ccc(Br)cc2)cc1. The van der Waals surface area contributed by atoms with E-state index in [4.69, 9.17) is 4.74 Å². The molecular formula is C21H16BrN3O4. The van der Waals surface area contributed by atoms with Gasteiger partial charge in [0.15, 0.2) is 0 Å². The maximum Gasteiger partial charge on any atom is 0.271 e. The average molecular weight is 454 g/mol. The summed E-state index contributed by atoms with van der Waals surface area (Å²) < 4.78 is 6.71. The van der Waals surface area contributed by atoms with Crippen molar-refractivity contribution in [2.45, 2.75) is 6.61 Å². The minimum Gasteiger partial charge on any atom is -0.489 e. The Morgan fingerprint density at radius 2 is 1.69 bits per heavy atom. The number of hydrazone groups is 1. The van der Waals surface area contributed by atoms with Crippen LogP contribution in [0.15, 0.2) is 82.4 Å². The molecule has 0 unspecified atom stereocenters. The Hall–Kier alpha value is -3.52. The molecule has 3 aromatic carbocycles. The molecule has 0 aliphatic heterocycles. The lowest BCUT2D eigenvalue weighted by Crippen LogP contribution is -2.17. The Morgan fingerprint density at radius 3 is 2.31 bits per heavy atom. The quantitative estimate of drug-likeness (QED) is 0.318. The predicted molar refractivity (Wildman–Crippen MR) is 113 cm³/mol. The number of rotatable bonds is 7. The predicted octanol–water partition coefficient (Wildman–Crippen LogP) is 4.70. The summed E-state index contributed by atoms with van der Waals surface area (Å²) in [4.78, 5) is 22.3. The fraction of sp³-hybridized carbons (Fsp3) is 0.0476. The second kappa shape index (κ2) is 9.61. The average Bonchev–Trinajstić information content (AvgIpc) is 2.74. The zero-order valence-electron chi connectivity index (χ0n) is 15.1. The molecule has 0 aliphatic carbocycles. The van der Waals surface area contributed by atoms with Crippen molar-refractivity contribution in [2.75, 3.05) is 0 Å². The van der Waals surface area contributed by atoms with Crippen molar-refractivity contribution in [3.8, 4) is 5.75 Å². The minimum atomic E-state index is -0.477. The first-order chi connectivity index (χ1) is 14.0. The molecule has 7 nitrogen and oxygen atoms in total. The van der Waals surface area contributed by atoms with E-state index in [1.165, 1.54) is 18.3 Å². The zero-order chi connectivity index (χ0) is 20.6. The van der Waals surface area contributed by atoms with E-state index in [1.54, 1.807) is 36.4 Å². The Labute approximate surface area is 175 Å². The van der Waals surface area contributed by atoms with Crippen LogP contribution in [0, 0.1) is 10.1 Å². The maximum absolute atomic E-state index is 12.1. The summed E-state index contributed by atoms with van der Waals surface area (Å²) in [5, 5.41) is 14.5. The van der Waals surface area contributed by atoms with Gasteiger partial charge < -0.3 is 4.74 Å². The third-order valence-electron chi connectivity index (χ3n) is 3.92. The number of nitrogens with one attached hydrogen (secondary N) is 1. The van der Waals surface area contributed by atoms with Crippen molar-refractivity contribution < 1.29 is 14.5 Å². The van der Waals surface area contributed by atoms with Gasteiger partial charge in [0.2, 0.25) is 0 Å². The Balaban J connectivity index is 1.51. The monoisotopic (exact) mass is 453 g/mol. The number of carbonyl (C=O) groups excluding carboxylic acids is 1. The topological polar surface area (TPSA) is 93.8 Å². The van der Waals surface area contributed by atoms with Gasteiger partial charge >= 0.3 is 0 Å². The van der Waals surface area contributed by atoms with Crippen LogP contribution in [0.1, 0.15) is 21.5 Å². The van der Waals surface area contributed by atoms with Gasteiger partial charge in [0.25, 0.3) is 11.6 Å². The summed E-state index contributed by atoms with van der Waals surface area (Å²) in [5.74, 6) is 0.279. The summed E-state index contributed by atoms with van der Waals surface area (Å²) in [6.07, 6.45) is 1.41. The highest BCUT2D eigenvalue weighted by molar-refractivity contribution is 9.10. The van der Waals surface area contributed by atoms with Crippen LogP contribution in [0.5, 0.6) is 5.75 Å². The van der Waals surface area contributed by atoms with Crippen molar-refractivity contribution in [1.29, 1.82) is 0 Å². The third-order valence-corrected chi connectivity index (χ3v) is 4.45. The van der Waals surface area contributed by atoms with Gasteiger partial charge in [-0.25, -0.2) is 5.43 Å². The number of amides is 1. The van der Waals surface area contributed by atoms with Crippen LogP contribution in [0.4, 0.5) is 5.69 Å². The standard InChI is InChI=1S/C21H16BrN3O4/c22-18-7-1-16(2-8-18)14-29-20-11-5-17(6-12-20)21(26)24-23-13-15-3-9-19(10-4-15)25(27)28/h1-13H,14H2,(H,24,26)/b23-13-. The molecule has 29 heavy (non-hydrogen) atoms. The number of ether oxygens (including phenoxy) is 1. The molecule has 0 saturated carbocycles. The van der Waals surface area contributed by atoms with Crippen molar-refractivity contribution in [3.05, 3.63) is 104 Å². The summed E-state index contributed by atoms with van der Waals surface area (Å²) in [5.41, 5.74) is 4.51. The molecule has 1 N–H and O–H groups in total. The van der Waals surface area contributed by atoms with Crippen molar-refractivity contribution >= 4 is 33.7 Å². The lowest BCUT2D eigenvalue weighted by molar-refractivity contribution is -0.384. The first kappa shape index (κ1) is 20.2. The van der Waals surface area contributed by atoms with Gasteiger partial charge in [-0.05, 0) is 59.7 Å². The Morgan fingerprint density at radius 1 is 1.03 bits per heavy atom. The van der Waals surface area contributed by atoms with Gasteiger partial charge in [-0.1, -0.05) is 28.1 Å². The largest absolute Gasteiger partial charge is 0.489 e. The van der Waals surface area contributed by atoms with Gasteiger partial charge in [0.05, 0.1) is 11.1 Å². The van der Waals surface area contributed by atoms with Gasteiger partial charge in [-0.3, -0.25) is 14.9 Å². The van der Waals surface area contributed by atoms with Crippen molar-refractivity contribution in [3.63, 3.8) is 0 Å². The lowest BCUT2D eigenvalue weighted by Gasteiger charge is -2.07. The lowest BCUT2D eigenvalue weighted by atomic mass is 10.2. The number of nitro groups is 1. The van der Waals surface area contributed by atoms with E-state index in [2.05, 4.69) is 26.5 Å². The highest BCUT2D eigenvalue weighted by atomic mass is 79.9. The van der Waals surface area contributed by atoms with E-state index >= 15 is 0 Å². The molecule has 0 atom stereocenters. The van der Waals surface area contributed by atoms with Crippen LogP contribution < -0.4 is 10.2 Å². The highest BCUT2D eigenvalue weighted by Crippen LogP contribution is 2.16. The van der Waals surface area contributed by atoms with Gasteiger partial charge in [-0.2, -0.15) is 5.10 Å². The third kappa shape index (κ3) is 5.98. The minimum absolute atomic E-state index is 0.00590. The number of nitrogens with zero attached hydrogens (tertiary/aromatic N) is 2. The summed E-state index contributed by atoms with van der Waals surface area (Å²) >= 11 is 3.39. The first-order valence-electron chi connectivity index (χ1n) is 8.56. The molecule has 0 fully saturated rings. The van der Waals surface area contributed by atoms with Gasteiger partial charge in [0, 0.05) is 22.2 Å². The van der Waals surface area contributed by atoms with Crippen LogP contribution >= 0.6 is 15.9 Å². The number of carbonyl (C=O) groups is 1. The molecule has 3 rings (SSSR count). The maximum atomic E-state index is 12.1. The van der Waals surface area contributed by atoms with E-state index in [0.29, 0.717) is 23.5 Å². The fourth-order valence-electron chi connectivity index (χ4n) is 2.36. The number of benzene rings is 3. The molecule has 0 heterocycles. The molecule has 3 aromatic rings. The number of hydrogen-bond acceptors (Lipinski definition) is 5. The van der Waals surface area contributed by atoms with Crippen LogP contribution in [0.2, 0.25) is 0 Å². The second-order valence-electron chi connectivity index (χ2n) is 5.99. The van der Waals surface area contributed by atoms with Gasteiger partial charge in [0.1, 0.15) is 12.4 Å². The molecule has 1 amide bonds. The number of non-ortho nitro benzene ring substituents is 1. The summed E-state index contributed by atoms with van der Waals surface area (Å²) in [6, 6.07) is 20.4. The van der Waals surface area contributed by atoms with E-state index in [0.717, 1.165) is 10.0 Å². The van der Waals surface area contributed by atoms with Crippen LogP contribution in [-0.2, 0) is 6.61 Å². The molecule has 0 aromatic heterocycles. The molecule has 146 valence electrons. The van der Waals surface area contributed by atoms with E-state index < -0.39 is 4.92 Å². The molecule has 8 heteroatoms. The Kier molecular flexibility index (Phi) is 6.70. The van der Waals surface area contributed by atoms with E-state index in [1.807, 2.05) is 24.3 Å². The normalized spacial score (nSPS) is 10.7. The van der Waals surface area contributed by atoms with E-state index in [9.17, 15) is 14.9 Å². The number of nitro benzene ring substituents is 1. The highest BCUT2D eigenvalue weighted by Gasteiger charge is 2.05. The van der Waals surface area contributed by atoms with E-state index in [-0.39, 0.29) is 11.6 Å². The Bertz CT molecular complexity index is 1020. The first-order valence-corrected chi connectivity index (χ1v) is 9.36. The summed E-state index contributed by atoms with van der Waals surface area (Å²) in [6.45, 7) is 0.429. The second-order valence-corrected chi connectivity index (χ2v) is 6.90. The van der Waals surface area contributed by atoms with Crippen LogP contribution in [0.25, 0.3) is 0 Å². The zero-order valence-corrected chi connectivity index (χ0v) is 16.7. The molecule has 0 saturated heterocycles. The molecule has 0 aliphatic rings. The molecule has 0 radical (unpaired) electrons. The molecule has 0 spiro atoms. The fourth-order valence-corrected chi connectivity index (χ4v) is 2.63.